The van der Waals surface area contributed by atoms with Crippen molar-refractivity contribution in [1.82, 2.24) is 19.6 Å². The summed E-state index contributed by atoms with van der Waals surface area (Å²) in [5, 5.41) is 16.7. The van der Waals surface area contributed by atoms with Crippen LogP contribution in [0.15, 0.2) is 54.7 Å². The molecule has 2 aromatic carbocycles. The van der Waals surface area contributed by atoms with Crippen molar-refractivity contribution >= 4 is 23.6 Å². The summed E-state index contributed by atoms with van der Waals surface area (Å²) >= 11 is 0. The van der Waals surface area contributed by atoms with Crippen molar-refractivity contribution < 1.29 is 32.7 Å². The highest BCUT2D eigenvalue weighted by atomic mass is 19.4. The van der Waals surface area contributed by atoms with Crippen molar-refractivity contribution in [3.8, 4) is 0 Å². The molecule has 3 fully saturated rings. The average molecular weight is 596 g/mol. The Hall–Kier alpha value is -4.35. The van der Waals surface area contributed by atoms with E-state index in [1.807, 2.05) is 4.68 Å². The summed E-state index contributed by atoms with van der Waals surface area (Å²) in [7, 11) is 0. The third-order valence-electron chi connectivity index (χ3n) is 8.71. The van der Waals surface area contributed by atoms with Crippen LogP contribution in [0.4, 0.5) is 23.7 Å². The molecule has 3 aliphatic rings. The number of hydrogen-bond acceptors (Lipinski definition) is 4. The van der Waals surface area contributed by atoms with Gasteiger partial charge in [0.25, 0.3) is 5.91 Å². The Morgan fingerprint density at radius 1 is 0.837 bits per heavy atom. The first-order valence-corrected chi connectivity index (χ1v) is 14.5. The molecule has 226 valence electrons. The van der Waals surface area contributed by atoms with Gasteiger partial charge in [-0.05, 0) is 55.9 Å². The number of aromatic carboxylic acids is 1. The lowest BCUT2D eigenvalue weighted by molar-refractivity contribution is -0.138. The van der Waals surface area contributed by atoms with Crippen LogP contribution < -0.4 is 5.32 Å². The Morgan fingerprint density at radius 3 is 2.21 bits per heavy atom. The van der Waals surface area contributed by atoms with E-state index in [4.69, 9.17) is 0 Å². The summed E-state index contributed by atoms with van der Waals surface area (Å²) in [6.45, 7) is 1.47. The molecule has 12 heteroatoms. The summed E-state index contributed by atoms with van der Waals surface area (Å²) in [4.78, 5) is 41.4. The molecule has 3 heterocycles. The standard InChI is InChI=1S/C31H32F3N5O4/c32-31(33,34)25-7-3-1-5-22(25)20-11-14-38(18-20)28(40)24-17-35-39(27(24)19-9-10-19)21-12-15-37(16-13-21)30(43)36-26-8-4-2-6-23(26)29(41)42/h1-8,17,19-21H,9-16,18H2,(H,36,43)(H,41,42)/t20-/m1/s1. The first kappa shape index (κ1) is 28.8. The molecule has 1 aromatic heterocycles. The molecule has 43 heavy (non-hydrogen) atoms. The second-order valence-electron chi connectivity index (χ2n) is 11.5. The van der Waals surface area contributed by atoms with Gasteiger partial charge in [-0.15, -0.1) is 0 Å². The summed E-state index contributed by atoms with van der Waals surface area (Å²) in [6.07, 6.45) is 0.716. The van der Waals surface area contributed by atoms with E-state index in [1.54, 1.807) is 40.3 Å². The van der Waals surface area contributed by atoms with Gasteiger partial charge < -0.3 is 20.2 Å². The van der Waals surface area contributed by atoms with Crippen molar-refractivity contribution in [2.45, 2.75) is 56.2 Å². The molecule has 0 spiro atoms. The van der Waals surface area contributed by atoms with Gasteiger partial charge in [-0.25, -0.2) is 9.59 Å². The SMILES string of the molecule is O=C(O)c1ccccc1NC(=O)N1CCC(n2ncc(C(=O)N3CC[C@@H](c4ccccc4C(F)(F)F)C3)c2C2CC2)CC1. The van der Waals surface area contributed by atoms with E-state index in [1.165, 1.54) is 18.2 Å². The summed E-state index contributed by atoms with van der Waals surface area (Å²) < 4.78 is 42.8. The van der Waals surface area contributed by atoms with Gasteiger partial charge in [0.2, 0.25) is 0 Å². The largest absolute Gasteiger partial charge is 0.478 e. The van der Waals surface area contributed by atoms with Gasteiger partial charge in [0, 0.05) is 38.0 Å². The lowest BCUT2D eigenvalue weighted by Gasteiger charge is -2.33. The molecule has 2 N–H and O–H groups in total. The lowest BCUT2D eigenvalue weighted by atomic mass is 9.93. The number of hydrogen-bond donors (Lipinski definition) is 2. The monoisotopic (exact) mass is 595 g/mol. The van der Waals surface area contributed by atoms with E-state index >= 15 is 0 Å². The zero-order valence-corrected chi connectivity index (χ0v) is 23.4. The number of carbonyl (C=O) groups excluding carboxylic acids is 2. The maximum Gasteiger partial charge on any atom is 0.416 e. The van der Waals surface area contributed by atoms with Gasteiger partial charge in [0.05, 0.1) is 40.3 Å². The Balaban J connectivity index is 1.13. The minimum atomic E-state index is -4.45. The molecule has 0 bridgehead atoms. The molecule has 6 rings (SSSR count). The van der Waals surface area contributed by atoms with Crippen LogP contribution in [0.25, 0.3) is 0 Å². The molecule has 2 aliphatic heterocycles. The number of carboxylic acids is 1. The van der Waals surface area contributed by atoms with E-state index in [2.05, 4.69) is 10.4 Å². The minimum absolute atomic E-state index is 0.0161. The molecule has 2 saturated heterocycles. The number of amides is 3. The molecular weight excluding hydrogens is 563 g/mol. The van der Waals surface area contributed by atoms with Gasteiger partial charge in [0.1, 0.15) is 0 Å². The van der Waals surface area contributed by atoms with Crippen molar-refractivity contribution in [3.05, 3.63) is 82.7 Å². The first-order chi connectivity index (χ1) is 20.6. The third-order valence-corrected chi connectivity index (χ3v) is 8.71. The zero-order valence-electron chi connectivity index (χ0n) is 23.4. The van der Waals surface area contributed by atoms with Crippen LogP contribution in [0.1, 0.15) is 87.5 Å². The van der Waals surface area contributed by atoms with Crippen molar-refractivity contribution in [3.63, 3.8) is 0 Å². The smallest absolute Gasteiger partial charge is 0.416 e. The lowest BCUT2D eigenvalue weighted by Crippen LogP contribution is -2.42. The number of benzene rings is 2. The fraction of sp³-hybridized carbons (Fsp3) is 0.419. The van der Waals surface area contributed by atoms with Crippen LogP contribution in [-0.4, -0.2) is 68.8 Å². The second-order valence-corrected chi connectivity index (χ2v) is 11.5. The van der Waals surface area contributed by atoms with Crippen molar-refractivity contribution in [2.75, 3.05) is 31.5 Å². The van der Waals surface area contributed by atoms with Crippen molar-refractivity contribution in [1.29, 1.82) is 0 Å². The first-order valence-electron chi connectivity index (χ1n) is 14.5. The van der Waals surface area contributed by atoms with Gasteiger partial charge in [-0.3, -0.25) is 9.48 Å². The summed E-state index contributed by atoms with van der Waals surface area (Å²) in [5.41, 5.74) is 1.22. The van der Waals surface area contributed by atoms with E-state index < -0.39 is 17.7 Å². The number of aromatic nitrogens is 2. The van der Waals surface area contributed by atoms with Gasteiger partial charge in [-0.2, -0.15) is 18.3 Å². The van der Waals surface area contributed by atoms with Crippen molar-refractivity contribution in [2.24, 2.45) is 0 Å². The van der Waals surface area contributed by atoms with Crippen LogP contribution in [0.5, 0.6) is 0 Å². The fourth-order valence-corrected chi connectivity index (χ4v) is 6.36. The second kappa shape index (κ2) is 11.4. The Labute approximate surface area is 246 Å². The number of anilines is 1. The third kappa shape index (κ3) is 5.82. The highest BCUT2D eigenvalue weighted by Gasteiger charge is 2.40. The molecule has 9 nitrogen and oxygen atoms in total. The highest BCUT2D eigenvalue weighted by Crippen LogP contribution is 2.44. The summed E-state index contributed by atoms with van der Waals surface area (Å²) in [5.74, 6) is -1.50. The number of nitrogens with zero attached hydrogens (tertiary/aromatic N) is 4. The molecule has 0 radical (unpaired) electrons. The van der Waals surface area contributed by atoms with E-state index in [-0.39, 0.29) is 53.2 Å². The number of alkyl halides is 3. The summed E-state index contributed by atoms with van der Waals surface area (Å²) in [6, 6.07) is 11.4. The molecule has 0 unspecified atom stereocenters. The van der Waals surface area contributed by atoms with E-state index in [9.17, 15) is 32.7 Å². The minimum Gasteiger partial charge on any atom is -0.478 e. The van der Waals surface area contributed by atoms with Crippen LogP contribution >= 0.6 is 0 Å². The fourth-order valence-electron chi connectivity index (χ4n) is 6.36. The van der Waals surface area contributed by atoms with Gasteiger partial charge >= 0.3 is 18.2 Å². The zero-order chi connectivity index (χ0) is 30.3. The van der Waals surface area contributed by atoms with Gasteiger partial charge in [-0.1, -0.05) is 30.3 Å². The van der Waals surface area contributed by atoms with Crippen LogP contribution in [0, 0.1) is 0 Å². The predicted molar refractivity (Wildman–Crippen MR) is 151 cm³/mol. The molecule has 3 amide bonds. The molecule has 1 atom stereocenters. The number of piperidine rings is 1. The van der Waals surface area contributed by atoms with Crippen LogP contribution in [0.2, 0.25) is 0 Å². The Kier molecular flexibility index (Phi) is 7.61. The maximum atomic E-state index is 13.7. The number of halogens is 3. The number of carboxylic acid groups (broad SMARTS) is 1. The molecule has 1 aliphatic carbocycles. The molecule has 1 saturated carbocycles. The highest BCUT2D eigenvalue weighted by molar-refractivity contribution is 6.00. The number of carbonyl (C=O) groups is 3. The number of rotatable bonds is 6. The Morgan fingerprint density at radius 2 is 1.51 bits per heavy atom. The number of likely N-dealkylation sites (tertiary alicyclic amines) is 2. The topological polar surface area (TPSA) is 108 Å². The van der Waals surface area contributed by atoms with Crippen LogP contribution in [0.3, 0.4) is 0 Å². The molecular formula is C31H32F3N5O4. The predicted octanol–water partition coefficient (Wildman–Crippen LogP) is 5.98. The number of nitrogens with one attached hydrogen (secondary N) is 1. The van der Waals surface area contributed by atoms with Gasteiger partial charge in [0.15, 0.2) is 0 Å². The quantitative estimate of drug-likeness (QED) is 0.365. The van der Waals surface area contributed by atoms with E-state index in [0.717, 1.165) is 24.6 Å². The van der Waals surface area contributed by atoms with Crippen LogP contribution in [-0.2, 0) is 6.18 Å². The normalized spacial score (nSPS) is 19.5. The van der Waals surface area contributed by atoms with E-state index in [0.29, 0.717) is 44.5 Å². The number of urea groups is 1. The molecule has 3 aromatic rings. The Bertz CT molecular complexity index is 1540. The maximum absolute atomic E-state index is 13.7. The average Bonchev–Trinajstić information content (AvgIpc) is 3.54. The number of para-hydroxylation sites is 1.